The van der Waals surface area contributed by atoms with Crippen molar-refractivity contribution in [1.82, 2.24) is 0 Å². The monoisotopic (exact) mass is 529 g/mol. The Balaban J connectivity index is 1.69. The highest BCUT2D eigenvalue weighted by Gasteiger charge is 2.65. The first kappa shape index (κ1) is 27.4. The molecule has 0 amide bonds. The van der Waals surface area contributed by atoms with Gasteiger partial charge in [-0.3, -0.25) is 14.4 Å². The lowest BCUT2D eigenvalue weighted by atomic mass is 9.47. The van der Waals surface area contributed by atoms with E-state index in [-0.39, 0.29) is 48.5 Å². The molecule has 6 heteroatoms. The molecule has 2 fully saturated rings. The summed E-state index contributed by atoms with van der Waals surface area (Å²) in [6.07, 6.45) is 6.30. The van der Waals surface area contributed by atoms with Crippen LogP contribution in [0.15, 0.2) is 47.1 Å². The van der Waals surface area contributed by atoms with Gasteiger partial charge in [-0.25, -0.2) is 0 Å². The standard InChI is InChI=1S/C33H39NO5/c1-20-16-27-29-12-14-33(13-5-15-35,30(38)19-39-21(2)36)32(29,3)18-28(22-6-8-23(34-4)9-7-22)31(27)25-11-10-24(37)17-26(20)25/h6-9,17,20,27-29,34-35H,10-12,14-16,18-19H2,1-4H3/t20?,27-,28+,29-,32-,33+/m0/s1. The first-order valence-electron chi connectivity index (χ1n) is 14.2. The van der Waals surface area contributed by atoms with Crippen LogP contribution in [0.1, 0.15) is 70.8 Å². The van der Waals surface area contributed by atoms with E-state index in [2.05, 4.69) is 55.3 Å². The van der Waals surface area contributed by atoms with Crippen LogP contribution in [0.25, 0.3) is 0 Å². The van der Waals surface area contributed by atoms with Gasteiger partial charge in [-0.05, 0) is 90.2 Å². The number of aliphatic hydroxyl groups is 1. The second-order valence-corrected chi connectivity index (χ2v) is 12.0. The summed E-state index contributed by atoms with van der Waals surface area (Å²) in [6.45, 7) is 5.12. The molecule has 6 nitrogen and oxygen atoms in total. The Labute approximate surface area is 231 Å². The number of ether oxygens (including phenoxy) is 1. The number of ketones is 2. The SMILES string of the molecule is CNc1ccc([C@H]2C[C@@]3(C)[C@@H](CC[C@]3(C#CCO)C(=O)COC(C)=O)[C@@H]3CC(C)C4=CC(=O)CCC4=C32)cc1. The number of allylic oxidation sites excluding steroid dienone is 4. The van der Waals surface area contributed by atoms with E-state index in [0.717, 1.165) is 31.4 Å². The molecule has 39 heavy (non-hydrogen) atoms. The number of aliphatic hydroxyl groups excluding tert-OH is 1. The summed E-state index contributed by atoms with van der Waals surface area (Å²) in [5.74, 6) is 6.48. The van der Waals surface area contributed by atoms with Crippen molar-refractivity contribution in [3.63, 3.8) is 0 Å². The fourth-order valence-electron chi connectivity index (χ4n) is 8.37. The summed E-state index contributed by atoms with van der Waals surface area (Å²) in [5.41, 5.74) is 4.77. The summed E-state index contributed by atoms with van der Waals surface area (Å²) >= 11 is 0. The molecule has 0 spiro atoms. The molecule has 1 aromatic rings. The number of hydrogen-bond donors (Lipinski definition) is 2. The Morgan fingerprint density at radius 2 is 1.95 bits per heavy atom. The fourth-order valence-corrected chi connectivity index (χ4v) is 8.37. The highest BCUT2D eigenvalue weighted by molar-refractivity contribution is 5.93. The predicted octanol–water partition coefficient (Wildman–Crippen LogP) is 4.99. The van der Waals surface area contributed by atoms with Crippen LogP contribution >= 0.6 is 0 Å². The number of benzene rings is 1. The number of Topliss-reactive ketones (excluding diaryl/α,β-unsaturated/α-hetero) is 1. The molecule has 2 saturated carbocycles. The zero-order valence-corrected chi connectivity index (χ0v) is 23.4. The Hall–Kier alpha value is -3.17. The molecule has 1 aromatic carbocycles. The van der Waals surface area contributed by atoms with Crippen molar-refractivity contribution < 1.29 is 24.2 Å². The maximum atomic E-state index is 13.9. The van der Waals surface area contributed by atoms with Crippen LogP contribution in [0.4, 0.5) is 5.69 Å². The molecule has 4 aliphatic carbocycles. The van der Waals surface area contributed by atoms with Crippen molar-refractivity contribution in [2.24, 2.45) is 28.6 Å². The number of carbonyl (C=O) groups excluding carboxylic acids is 3. The Bertz CT molecular complexity index is 1310. The third-order valence-electron chi connectivity index (χ3n) is 10.2. The highest BCUT2D eigenvalue weighted by atomic mass is 16.5. The predicted molar refractivity (Wildman–Crippen MR) is 150 cm³/mol. The number of anilines is 1. The summed E-state index contributed by atoms with van der Waals surface area (Å²) in [6, 6.07) is 8.54. The fraction of sp³-hybridized carbons (Fsp3) is 0.545. The summed E-state index contributed by atoms with van der Waals surface area (Å²) in [7, 11) is 1.90. The van der Waals surface area contributed by atoms with Crippen LogP contribution in [0.5, 0.6) is 0 Å². The molecular weight excluding hydrogens is 490 g/mol. The molecular formula is C33H39NO5. The van der Waals surface area contributed by atoms with Gasteiger partial charge in [0.05, 0.1) is 5.41 Å². The lowest BCUT2D eigenvalue weighted by Crippen LogP contribution is -2.52. The normalized spacial score (nSPS) is 33.2. The van der Waals surface area contributed by atoms with Gasteiger partial charge >= 0.3 is 5.97 Å². The second kappa shape index (κ2) is 10.4. The number of fused-ring (bicyclic) bond motifs is 4. The number of hydrogen-bond acceptors (Lipinski definition) is 6. The highest BCUT2D eigenvalue weighted by Crippen LogP contribution is 2.70. The van der Waals surface area contributed by atoms with Crippen molar-refractivity contribution in [3.8, 4) is 11.8 Å². The van der Waals surface area contributed by atoms with E-state index in [1.807, 2.05) is 13.1 Å². The topological polar surface area (TPSA) is 92.7 Å². The van der Waals surface area contributed by atoms with Gasteiger partial charge in [-0.2, -0.15) is 0 Å². The van der Waals surface area contributed by atoms with Crippen molar-refractivity contribution in [3.05, 3.63) is 52.6 Å². The van der Waals surface area contributed by atoms with Crippen LogP contribution in [0, 0.1) is 40.4 Å². The zero-order chi connectivity index (χ0) is 27.9. The van der Waals surface area contributed by atoms with E-state index in [1.54, 1.807) is 0 Å². The van der Waals surface area contributed by atoms with E-state index in [1.165, 1.54) is 29.2 Å². The van der Waals surface area contributed by atoms with E-state index < -0.39 is 16.8 Å². The minimum absolute atomic E-state index is 0.0798. The maximum absolute atomic E-state index is 13.9. The molecule has 2 N–H and O–H groups in total. The minimum atomic E-state index is -1.00. The lowest BCUT2D eigenvalue weighted by Gasteiger charge is -2.55. The molecule has 0 aromatic heterocycles. The van der Waals surface area contributed by atoms with Crippen molar-refractivity contribution in [1.29, 1.82) is 0 Å². The maximum Gasteiger partial charge on any atom is 0.303 e. The van der Waals surface area contributed by atoms with Crippen molar-refractivity contribution in [2.75, 3.05) is 25.6 Å². The van der Waals surface area contributed by atoms with Gasteiger partial charge in [0.15, 0.2) is 18.2 Å². The molecule has 5 rings (SSSR count). The molecule has 0 heterocycles. The summed E-state index contributed by atoms with van der Waals surface area (Å²) < 4.78 is 5.21. The van der Waals surface area contributed by atoms with Crippen molar-refractivity contribution in [2.45, 2.75) is 65.2 Å². The van der Waals surface area contributed by atoms with Crippen LogP contribution < -0.4 is 5.32 Å². The number of esters is 1. The molecule has 0 saturated heterocycles. The number of rotatable bonds is 5. The Morgan fingerprint density at radius 3 is 2.62 bits per heavy atom. The van der Waals surface area contributed by atoms with E-state index >= 15 is 0 Å². The van der Waals surface area contributed by atoms with Gasteiger partial charge in [0, 0.05) is 32.0 Å². The molecule has 6 atom stereocenters. The molecule has 0 bridgehead atoms. The lowest BCUT2D eigenvalue weighted by molar-refractivity contribution is -0.150. The van der Waals surface area contributed by atoms with Crippen LogP contribution in [-0.4, -0.2) is 42.9 Å². The average molecular weight is 530 g/mol. The molecule has 206 valence electrons. The Morgan fingerprint density at radius 1 is 1.21 bits per heavy atom. The van der Waals surface area contributed by atoms with Crippen LogP contribution in [0.2, 0.25) is 0 Å². The number of nitrogens with one attached hydrogen (secondary N) is 1. The van der Waals surface area contributed by atoms with E-state index in [9.17, 15) is 19.5 Å². The smallest absolute Gasteiger partial charge is 0.303 e. The first-order chi connectivity index (χ1) is 18.6. The zero-order valence-electron chi connectivity index (χ0n) is 23.4. The van der Waals surface area contributed by atoms with Crippen LogP contribution in [0.3, 0.4) is 0 Å². The van der Waals surface area contributed by atoms with Gasteiger partial charge in [0.25, 0.3) is 0 Å². The molecule has 1 unspecified atom stereocenters. The van der Waals surface area contributed by atoms with E-state index in [0.29, 0.717) is 12.8 Å². The van der Waals surface area contributed by atoms with Gasteiger partial charge < -0.3 is 15.2 Å². The van der Waals surface area contributed by atoms with Crippen LogP contribution in [-0.2, 0) is 19.1 Å². The molecule has 0 radical (unpaired) electrons. The first-order valence-corrected chi connectivity index (χ1v) is 14.2. The van der Waals surface area contributed by atoms with Gasteiger partial charge in [0.1, 0.15) is 6.61 Å². The summed E-state index contributed by atoms with van der Waals surface area (Å²) in [5, 5.41) is 12.9. The van der Waals surface area contributed by atoms with Gasteiger partial charge in [0.2, 0.25) is 0 Å². The van der Waals surface area contributed by atoms with Gasteiger partial charge in [-0.1, -0.05) is 43.4 Å². The average Bonchev–Trinajstić information content (AvgIpc) is 3.23. The molecule has 0 aliphatic heterocycles. The largest absolute Gasteiger partial charge is 0.458 e. The Kier molecular flexibility index (Phi) is 7.33. The second-order valence-electron chi connectivity index (χ2n) is 12.0. The third-order valence-corrected chi connectivity index (χ3v) is 10.2. The van der Waals surface area contributed by atoms with E-state index in [4.69, 9.17) is 4.74 Å². The number of carbonyl (C=O) groups is 3. The van der Waals surface area contributed by atoms with Crippen molar-refractivity contribution >= 4 is 23.2 Å². The third kappa shape index (κ3) is 4.45. The quantitative estimate of drug-likeness (QED) is 0.413. The molecule has 4 aliphatic rings. The minimum Gasteiger partial charge on any atom is -0.458 e. The summed E-state index contributed by atoms with van der Waals surface area (Å²) in [4.78, 5) is 38.0. The van der Waals surface area contributed by atoms with Gasteiger partial charge in [-0.15, -0.1) is 0 Å².